The Hall–Kier alpha value is -1.65. The van der Waals surface area contributed by atoms with Crippen molar-refractivity contribution in [3.63, 3.8) is 0 Å². The number of carbonyl (C=O) groups excluding carboxylic acids is 1. The minimum Gasteiger partial charge on any atom is -0.458 e. The molecular weight excluding hydrogens is 776 g/mol. The topological polar surface area (TPSA) is 245 Å². The maximum absolute atomic E-state index is 12.0. The van der Waals surface area contributed by atoms with Crippen molar-refractivity contribution in [1.82, 2.24) is 0 Å². The van der Waals surface area contributed by atoms with Crippen LogP contribution in [0.25, 0.3) is 0 Å². The normalized spacial score (nSPS) is 54.3. The van der Waals surface area contributed by atoms with E-state index in [1.54, 1.807) is 13.2 Å². The van der Waals surface area contributed by atoms with E-state index >= 15 is 0 Å². The Bertz CT molecular complexity index is 1660. The van der Waals surface area contributed by atoms with Crippen LogP contribution in [-0.2, 0) is 47.4 Å². The first kappa shape index (κ1) is 42.6. The minimum atomic E-state index is -1.69. The molecule has 3 saturated carbocycles. The first-order valence-corrected chi connectivity index (χ1v) is 21.5. The molecule has 0 radical (unpaired) electrons. The number of ether oxygens (including phenoxy) is 9. The van der Waals surface area contributed by atoms with E-state index in [9.17, 15) is 40.5 Å². The molecule has 4 saturated heterocycles. The number of fused-ring (bicyclic) bond motifs is 2. The van der Waals surface area contributed by atoms with Crippen molar-refractivity contribution in [3.8, 4) is 0 Å². The fraction of sp³-hybridized carbons (Fsp3) is 0.881. The summed E-state index contributed by atoms with van der Waals surface area (Å²) in [6.07, 6.45) is -5.56. The zero-order valence-corrected chi connectivity index (χ0v) is 34.2. The van der Waals surface area contributed by atoms with E-state index in [-0.39, 0.29) is 34.1 Å². The molecule has 17 heteroatoms. The lowest BCUT2D eigenvalue weighted by atomic mass is 9.44. The molecule has 0 aromatic carbocycles. The van der Waals surface area contributed by atoms with Crippen molar-refractivity contribution in [2.45, 2.75) is 182 Å². The summed E-state index contributed by atoms with van der Waals surface area (Å²) < 4.78 is 54.4. The van der Waals surface area contributed by atoms with Gasteiger partial charge in [0.15, 0.2) is 18.9 Å². The minimum absolute atomic E-state index is 0.00610. The van der Waals surface area contributed by atoms with Crippen molar-refractivity contribution < 1.29 is 83.2 Å². The average molecular weight is 839 g/mol. The van der Waals surface area contributed by atoms with Gasteiger partial charge in [0.25, 0.3) is 0 Å². The molecule has 332 valence electrons. The number of hydrogen-bond acceptors (Lipinski definition) is 17. The summed E-state index contributed by atoms with van der Waals surface area (Å²) >= 11 is 0. The van der Waals surface area contributed by atoms with Gasteiger partial charge in [0.2, 0.25) is 0 Å². The van der Waals surface area contributed by atoms with Crippen molar-refractivity contribution in [1.29, 1.82) is 0 Å². The summed E-state index contributed by atoms with van der Waals surface area (Å²) in [5.74, 6) is 0.660. The fourth-order valence-corrected chi connectivity index (χ4v) is 12.9. The summed E-state index contributed by atoms with van der Waals surface area (Å²) in [7, 11) is 1.55. The SMILES string of the molecule is CO[C@@H]1C[C@H](O[C@H]2CC[C@@]3(C)[C@H](CC[C@@]45O[C@@]46CC=C(C4=CC(=O)OC4)[C@@]6(C)CC[C@H]35)C2)O[C@H](C)[C@@H]1O[C@@H]1O[C@H](CO[C@@H]2O[C@H](CO)[C@@H](O)[C@H](O)[C@H]2O)[C@@H](O)[C@H](O)[C@H]1O. The van der Waals surface area contributed by atoms with E-state index in [0.717, 1.165) is 56.9 Å². The number of aliphatic hydroxyl groups is 7. The molecular formula is C42H62O17. The molecule has 7 fully saturated rings. The number of epoxide rings is 1. The molecule has 9 rings (SSSR count). The summed E-state index contributed by atoms with van der Waals surface area (Å²) in [5, 5.41) is 72.4. The number of rotatable bonds is 10. The van der Waals surface area contributed by atoms with Crippen LogP contribution in [0.3, 0.4) is 0 Å². The van der Waals surface area contributed by atoms with Crippen molar-refractivity contribution in [3.05, 3.63) is 23.3 Å². The number of aliphatic hydroxyl groups excluding tert-OH is 7. The van der Waals surface area contributed by atoms with Gasteiger partial charge in [-0.15, -0.1) is 0 Å². The summed E-state index contributed by atoms with van der Waals surface area (Å²) in [5.41, 5.74) is 1.87. The molecule has 5 heterocycles. The lowest BCUT2D eigenvalue weighted by Crippen LogP contribution is -2.63. The second-order valence-corrected chi connectivity index (χ2v) is 19.0. The molecule has 7 N–H and O–H groups in total. The number of cyclic esters (lactones) is 1. The molecule has 0 bridgehead atoms. The van der Waals surface area contributed by atoms with Gasteiger partial charge in [-0.2, -0.15) is 0 Å². The highest BCUT2D eigenvalue weighted by Crippen LogP contribution is 2.80. The largest absolute Gasteiger partial charge is 0.458 e. The Morgan fingerprint density at radius 1 is 0.831 bits per heavy atom. The van der Waals surface area contributed by atoms with Gasteiger partial charge in [-0.1, -0.05) is 19.9 Å². The van der Waals surface area contributed by atoms with E-state index in [2.05, 4.69) is 19.9 Å². The second kappa shape index (κ2) is 15.6. The van der Waals surface area contributed by atoms with Crippen LogP contribution in [0.2, 0.25) is 0 Å². The molecule has 21 atom stereocenters. The van der Waals surface area contributed by atoms with Gasteiger partial charge in [-0.3, -0.25) is 0 Å². The number of carbonyl (C=O) groups is 1. The first-order valence-electron chi connectivity index (χ1n) is 21.5. The first-order chi connectivity index (χ1) is 28.1. The molecule has 59 heavy (non-hydrogen) atoms. The highest BCUT2D eigenvalue weighted by molar-refractivity contribution is 5.87. The predicted molar refractivity (Wildman–Crippen MR) is 200 cm³/mol. The zero-order valence-electron chi connectivity index (χ0n) is 34.2. The van der Waals surface area contributed by atoms with Crippen molar-refractivity contribution >= 4 is 5.97 Å². The second-order valence-electron chi connectivity index (χ2n) is 19.0. The molecule has 2 spiro atoms. The van der Waals surface area contributed by atoms with Crippen molar-refractivity contribution in [2.75, 3.05) is 26.9 Å². The molecule has 0 unspecified atom stereocenters. The van der Waals surface area contributed by atoms with Gasteiger partial charge in [0.05, 0.1) is 31.5 Å². The Morgan fingerprint density at radius 2 is 1.56 bits per heavy atom. The summed E-state index contributed by atoms with van der Waals surface area (Å²) in [6.45, 7) is 5.85. The number of hydrogen-bond donors (Lipinski definition) is 7. The van der Waals surface area contributed by atoms with Crippen LogP contribution in [0.5, 0.6) is 0 Å². The molecule has 4 aliphatic carbocycles. The van der Waals surface area contributed by atoms with Gasteiger partial charge in [-0.05, 0) is 81.1 Å². The zero-order chi connectivity index (χ0) is 41.8. The monoisotopic (exact) mass is 838 g/mol. The standard InChI is InChI=1S/C42H62O17/c1-19-36(58-38-35(50)33(48)31(46)26(57-38)18-53-37-34(49)32(47)30(45)25(16-43)56-37)24(51-4)15-29(54-19)55-22-6-9-39(2)21(14-22)5-11-41-27(39)8-10-40(3)23(7-12-42(40,41)59-41)20-13-28(44)52-17-20/h7,13,19,21-22,24-27,29-38,43,45-50H,5-6,8-12,14-18H2,1-4H3/t19-,21-,22+,24-,25-,26-,27-,29+,30-,31-,32+,33+,34-,35-,36+,37-,38+,39+,40-,41+,42-/m1/s1. The smallest absolute Gasteiger partial charge is 0.331 e. The van der Waals surface area contributed by atoms with Gasteiger partial charge < -0.3 is 78.4 Å². The van der Waals surface area contributed by atoms with Crippen LogP contribution < -0.4 is 0 Å². The fourth-order valence-electron chi connectivity index (χ4n) is 12.9. The Balaban J connectivity index is 0.797. The highest BCUT2D eigenvalue weighted by atomic mass is 16.8. The van der Waals surface area contributed by atoms with Gasteiger partial charge in [0, 0.05) is 30.6 Å². The Kier molecular flexibility index (Phi) is 11.2. The predicted octanol–water partition coefficient (Wildman–Crippen LogP) is -0.132. The number of methoxy groups -OCH3 is 1. The van der Waals surface area contributed by atoms with Crippen LogP contribution >= 0.6 is 0 Å². The molecule has 0 amide bonds. The quantitative estimate of drug-likeness (QED) is 0.0861. The highest BCUT2D eigenvalue weighted by Gasteiger charge is 2.85. The summed E-state index contributed by atoms with van der Waals surface area (Å²) in [6, 6.07) is 0. The molecule has 9 aliphatic rings. The van der Waals surface area contributed by atoms with E-state index in [0.29, 0.717) is 24.9 Å². The van der Waals surface area contributed by atoms with Crippen LogP contribution in [0.1, 0.15) is 78.6 Å². The lowest BCUT2D eigenvalue weighted by molar-refractivity contribution is -0.355. The molecule has 0 aromatic rings. The molecule has 5 aliphatic heterocycles. The molecule has 17 nitrogen and oxygen atoms in total. The van der Waals surface area contributed by atoms with Crippen molar-refractivity contribution in [2.24, 2.45) is 22.7 Å². The third-order valence-corrected chi connectivity index (χ3v) is 16.2. The Morgan fingerprint density at radius 3 is 2.27 bits per heavy atom. The van der Waals surface area contributed by atoms with E-state index in [1.165, 1.54) is 5.57 Å². The van der Waals surface area contributed by atoms with Crippen LogP contribution in [0.4, 0.5) is 0 Å². The molecule has 0 aromatic heterocycles. The Labute approximate surface area is 343 Å². The van der Waals surface area contributed by atoms with Crippen LogP contribution in [0, 0.1) is 22.7 Å². The maximum atomic E-state index is 12.0. The van der Waals surface area contributed by atoms with E-state index in [1.807, 2.05) is 6.92 Å². The summed E-state index contributed by atoms with van der Waals surface area (Å²) in [4.78, 5) is 12.0. The average Bonchev–Trinajstić information content (AvgIpc) is 3.53. The van der Waals surface area contributed by atoms with Gasteiger partial charge >= 0.3 is 5.97 Å². The van der Waals surface area contributed by atoms with Gasteiger partial charge in [-0.25, -0.2) is 4.79 Å². The number of esters is 1. The lowest BCUT2D eigenvalue weighted by Gasteiger charge is -2.58. The van der Waals surface area contributed by atoms with E-state index < -0.39 is 99.2 Å². The maximum Gasteiger partial charge on any atom is 0.331 e. The van der Waals surface area contributed by atoms with Crippen LogP contribution in [-0.4, -0.2) is 172 Å². The third kappa shape index (κ3) is 6.64. The van der Waals surface area contributed by atoms with Crippen LogP contribution in [0.15, 0.2) is 23.3 Å². The van der Waals surface area contributed by atoms with E-state index in [4.69, 9.17) is 42.6 Å². The third-order valence-electron chi connectivity index (χ3n) is 16.2. The van der Waals surface area contributed by atoms with Gasteiger partial charge in [0.1, 0.15) is 72.7 Å².